The van der Waals surface area contributed by atoms with Crippen molar-refractivity contribution in [2.24, 2.45) is 11.8 Å². The minimum Gasteiger partial charge on any atom is -0.390 e. The second-order valence-electron chi connectivity index (χ2n) is 7.78. The number of piperidine rings is 1. The third kappa shape index (κ3) is 3.45. The van der Waals surface area contributed by atoms with Gasteiger partial charge in [0.2, 0.25) is 5.91 Å². The van der Waals surface area contributed by atoms with E-state index in [-0.39, 0.29) is 5.91 Å². The molecule has 0 spiro atoms. The molecule has 1 saturated carbocycles. The zero-order valence-electron chi connectivity index (χ0n) is 16.0. The largest absolute Gasteiger partial charge is 0.390 e. The van der Waals surface area contributed by atoms with Gasteiger partial charge in [-0.15, -0.1) is 0 Å². The number of anilines is 1. The minimum atomic E-state index is -1.10. The predicted octanol–water partition coefficient (Wildman–Crippen LogP) is -0.128. The van der Waals surface area contributed by atoms with Crippen molar-refractivity contribution in [3.05, 3.63) is 18.6 Å². The zero-order chi connectivity index (χ0) is 19.7. The fourth-order valence-electron chi connectivity index (χ4n) is 4.46. The number of carbonyl (C=O) groups is 1. The van der Waals surface area contributed by atoms with Gasteiger partial charge in [-0.2, -0.15) is 0 Å². The first-order chi connectivity index (χ1) is 13.6. The van der Waals surface area contributed by atoms with Gasteiger partial charge in [0.25, 0.3) is 0 Å². The van der Waals surface area contributed by atoms with Crippen molar-refractivity contribution in [1.82, 2.24) is 25.2 Å². The maximum atomic E-state index is 12.7. The third-order valence-corrected chi connectivity index (χ3v) is 6.06. The summed E-state index contributed by atoms with van der Waals surface area (Å²) in [5.41, 5.74) is 0.671. The number of aliphatic hydroxyl groups excluding tert-OH is 2. The number of rotatable bonds is 5. The molecule has 1 amide bonds. The average molecular weight is 388 g/mol. The maximum absolute atomic E-state index is 12.7. The van der Waals surface area contributed by atoms with Crippen molar-refractivity contribution in [3.63, 3.8) is 0 Å². The molecule has 152 valence electrons. The van der Waals surface area contributed by atoms with Crippen molar-refractivity contribution < 1.29 is 15.0 Å². The quantitative estimate of drug-likeness (QED) is 0.483. The topological polar surface area (TPSA) is 124 Å². The second-order valence-corrected chi connectivity index (χ2v) is 7.78. The van der Waals surface area contributed by atoms with Crippen LogP contribution in [0.15, 0.2) is 18.6 Å². The summed E-state index contributed by atoms with van der Waals surface area (Å²) in [6.07, 6.45) is 3.73. The number of nitrogens with one attached hydrogen (secondary N) is 3. The Labute approximate surface area is 163 Å². The molecule has 5 N–H and O–H groups in total. The van der Waals surface area contributed by atoms with Gasteiger partial charge >= 0.3 is 0 Å². The molecule has 0 aromatic carbocycles. The third-order valence-electron chi connectivity index (χ3n) is 6.06. The number of fused-ring (bicyclic) bond motifs is 1. The standard InChI is InChI=1S/C19H28N6O3/c1-20-17-12-4-6-25(18(12)24-10-23-17)14-7-13(15(26)16(14)27)19(28)22-9-11-3-2-5-21-8-11/h4,6,10-11,13-16,21,26-27H,2-3,5,7-9H2,1H3,(H,22,28)(H,20,23,24)/t11?,13-,14+,15+,16-/m0/s1. The van der Waals surface area contributed by atoms with Crippen LogP contribution in [0.4, 0.5) is 5.82 Å². The number of aliphatic hydroxyl groups is 2. The number of hydrogen-bond acceptors (Lipinski definition) is 7. The van der Waals surface area contributed by atoms with Gasteiger partial charge in [0, 0.05) is 19.8 Å². The highest BCUT2D eigenvalue weighted by Gasteiger charge is 2.46. The molecule has 4 rings (SSSR count). The Morgan fingerprint density at radius 1 is 1.36 bits per heavy atom. The van der Waals surface area contributed by atoms with Gasteiger partial charge in [0.15, 0.2) is 0 Å². The summed E-state index contributed by atoms with van der Waals surface area (Å²) < 4.78 is 1.84. The highest BCUT2D eigenvalue weighted by atomic mass is 16.3. The Kier molecular flexibility index (Phi) is 5.47. The van der Waals surface area contributed by atoms with Gasteiger partial charge in [-0.05, 0) is 44.3 Å². The first-order valence-corrected chi connectivity index (χ1v) is 9.94. The van der Waals surface area contributed by atoms with Crippen LogP contribution in [0.5, 0.6) is 0 Å². The smallest absolute Gasteiger partial charge is 0.225 e. The number of aromatic nitrogens is 3. The summed E-state index contributed by atoms with van der Waals surface area (Å²) in [5, 5.41) is 31.3. The average Bonchev–Trinajstić information content (AvgIpc) is 3.28. The lowest BCUT2D eigenvalue weighted by atomic mass is 9.98. The summed E-state index contributed by atoms with van der Waals surface area (Å²) in [4.78, 5) is 21.2. The highest BCUT2D eigenvalue weighted by molar-refractivity contribution is 5.87. The molecule has 2 aromatic heterocycles. The van der Waals surface area contributed by atoms with Gasteiger partial charge in [-0.1, -0.05) is 0 Å². The Morgan fingerprint density at radius 2 is 2.21 bits per heavy atom. The molecular weight excluding hydrogens is 360 g/mol. The van der Waals surface area contributed by atoms with E-state index in [1.165, 1.54) is 6.33 Å². The van der Waals surface area contributed by atoms with Crippen LogP contribution in [0.3, 0.4) is 0 Å². The predicted molar refractivity (Wildman–Crippen MR) is 105 cm³/mol. The van der Waals surface area contributed by atoms with Crippen LogP contribution >= 0.6 is 0 Å². The Hall–Kier alpha value is -2.23. The number of amides is 1. The molecule has 2 fully saturated rings. The molecule has 0 bridgehead atoms. The number of nitrogens with zero attached hydrogens (tertiary/aromatic N) is 3. The SMILES string of the molecule is CNc1ncnc2c1ccn2[C@@H]1C[C@H](C(=O)NCC2CCCNC2)[C@@H](O)[C@H]1O. The van der Waals surface area contributed by atoms with Crippen LogP contribution in [0.2, 0.25) is 0 Å². The van der Waals surface area contributed by atoms with Gasteiger partial charge in [0.05, 0.1) is 23.4 Å². The summed E-state index contributed by atoms with van der Waals surface area (Å²) in [6, 6.07) is 1.46. The molecule has 3 heterocycles. The summed E-state index contributed by atoms with van der Waals surface area (Å²) in [6.45, 7) is 2.53. The Bertz CT molecular complexity index is 834. The fourth-order valence-corrected chi connectivity index (χ4v) is 4.46. The second kappa shape index (κ2) is 8.02. The van der Waals surface area contributed by atoms with Crippen molar-refractivity contribution in [2.75, 3.05) is 32.0 Å². The van der Waals surface area contributed by atoms with Crippen LogP contribution in [0, 0.1) is 11.8 Å². The molecule has 2 aliphatic rings. The van der Waals surface area contributed by atoms with Crippen LogP contribution in [0.25, 0.3) is 11.0 Å². The van der Waals surface area contributed by atoms with E-state index in [0.29, 0.717) is 30.3 Å². The van der Waals surface area contributed by atoms with E-state index in [1.807, 2.05) is 16.8 Å². The molecule has 2 aromatic rings. The summed E-state index contributed by atoms with van der Waals surface area (Å²) in [7, 11) is 1.79. The Balaban J connectivity index is 1.48. The molecule has 9 heteroatoms. The molecule has 1 aliphatic heterocycles. The van der Waals surface area contributed by atoms with Crippen molar-refractivity contribution in [1.29, 1.82) is 0 Å². The first kappa shape index (κ1) is 19.1. The lowest BCUT2D eigenvalue weighted by molar-refractivity contribution is -0.129. The highest BCUT2D eigenvalue weighted by Crippen LogP contribution is 2.38. The van der Waals surface area contributed by atoms with Crippen LogP contribution in [-0.4, -0.2) is 69.5 Å². The van der Waals surface area contributed by atoms with Gasteiger partial charge in [-0.25, -0.2) is 9.97 Å². The van der Waals surface area contributed by atoms with E-state index < -0.39 is 24.2 Å². The normalized spacial score (nSPS) is 30.5. The molecule has 1 unspecified atom stereocenters. The fraction of sp³-hybridized carbons (Fsp3) is 0.632. The molecule has 1 aliphatic carbocycles. The van der Waals surface area contributed by atoms with Crippen LogP contribution < -0.4 is 16.0 Å². The van der Waals surface area contributed by atoms with Gasteiger partial charge in [-0.3, -0.25) is 4.79 Å². The van der Waals surface area contributed by atoms with Crippen molar-refractivity contribution in [3.8, 4) is 0 Å². The lowest BCUT2D eigenvalue weighted by Crippen LogP contribution is -2.42. The molecular formula is C19H28N6O3. The minimum absolute atomic E-state index is 0.193. The number of hydrogen-bond donors (Lipinski definition) is 5. The molecule has 1 saturated heterocycles. The molecule has 28 heavy (non-hydrogen) atoms. The summed E-state index contributed by atoms with van der Waals surface area (Å²) >= 11 is 0. The van der Waals surface area contributed by atoms with Gasteiger partial charge in [0.1, 0.15) is 23.9 Å². The lowest BCUT2D eigenvalue weighted by Gasteiger charge is -2.24. The molecule has 5 atom stereocenters. The van der Waals surface area contributed by atoms with E-state index in [2.05, 4.69) is 25.9 Å². The zero-order valence-corrected chi connectivity index (χ0v) is 16.0. The van der Waals surface area contributed by atoms with E-state index in [1.54, 1.807) is 7.05 Å². The van der Waals surface area contributed by atoms with E-state index in [4.69, 9.17) is 0 Å². The van der Waals surface area contributed by atoms with Gasteiger partial charge < -0.3 is 30.7 Å². The van der Waals surface area contributed by atoms with E-state index in [0.717, 1.165) is 31.3 Å². The van der Waals surface area contributed by atoms with Crippen molar-refractivity contribution >= 4 is 22.8 Å². The first-order valence-electron chi connectivity index (χ1n) is 9.94. The molecule has 9 nitrogen and oxygen atoms in total. The van der Waals surface area contributed by atoms with E-state index in [9.17, 15) is 15.0 Å². The van der Waals surface area contributed by atoms with Crippen molar-refractivity contribution in [2.45, 2.75) is 37.5 Å². The Morgan fingerprint density at radius 3 is 2.96 bits per heavy atom. The molecule has 0 radical (unpaired) electrons. The van der Waals surface area contributed by atoms with E-state index >= 15 is 0 Å². The monoisotopic (exact) mass is 388 g/mol. The maximum Gasteiger partial charge on any atom is 0.225 e. The summed E-state index contributed by atoms with van der Waals surface area (Å²) in [5.74, 6) is 0.287. The van der Waals surface area contributed by atoms with Crippen LogP contribution in [-0.2, 0) is 4.79 Å². The number of carbonyl (C=O) groups excluding carboxylic acids is 1. The van der Waals surface area contributed by atoms with Crippen LogP contribution in [0.1, 0.15) is 25.3 Å².